The molecule has 4 nitrogen and oxygen atoms in total. The SMILES string of the molecule is O=C(O)CC(=O)CC(O)(c1cccs1)C(F)(F)F. The number of carboxylic acid groups (broad SMARTS) is 1. The molecule has 1 unspecified atom stereocenters. The van der Waals surface area contributed by atoms with Gasteiger partial charge in [-0.3, -0.25) is 9.59 Å². The number of rotatable bonds is 5. The number of hydrogen-bond donors (Lipinski definition) is 2. The van der Waals surface area contributed by atoms with Gasteiger partial charge in [-0.25, -0.2) is 0 Å². The van der Waals surface area contributed by atoms with Crippen LogP contribution in [0.15, 0.2) is 17.5 Å². The van der Waals surface area contributed by atoms with E-state index in [4.69, 9.17) is 5.11 Å². The van der Waals surface area contributed by atoms with E-state index >= 15 is 0 Å². The highest BCUT2D eigenvalue weighted by molar-refractivity contribution is 7.10. The van der Waals surface area contributed by atoms with Crippen LogP contribution in [0.1, 0.15) is 17.7 Å². The van der Waals surface area contributed by atoms with Crippen molar-refractivity contribution in [3.8, 4) is 0 Å². The number of carbonyl (C=O) groups is 2. The Kier molecular flexibility index (Phi) is 4.12. The number of hydrogen-bond acceptors (Lipinski definition) is 4. The summed E-state index contributed by atoms with van der Waals surface area (Å²) in [6.07, 6.45) is -7.40. The fourth-order valence-corrected chi connectivity index (χ4v) is 2.20. The second kappa shape index (κ2) is 5.07. The highest BCUT2D eigenvalue weighted by Gasteiger charge is 2.56. The molecule has 0 amide bonds. The number of Topliss-reactive ketones (excluding diaryl/α,β-unsaturated/α-hetero) is 1. The van der Waals surface area contributed by atoms with Crippen LogP contribution in [0, 0.1) is 0 Å². The van der Waals surface area contributed by atoms with E-state index in [0.717, 1.165) is 6.07 Å². The molecule has 1 aromatic heterocycles. The Hall–Kier alpha value is -1.41. The molecule has 1 atom stereocenters. The third kappa shape index (κ3) is 3.08. The average Bonchev–Trinajstić information content (AvgIpc) is 2.66. The van der Waals surface area contributed by atoms with Gasteiger partial charge in [0.1, 0.15) is 12.2 Å². The molecule has 0 aromatic carbocycles. The van der Waals surface area contributed by atoms with Crippen LogP contribution in [0.25, 0.3) is 0 Å². The zero-order valence-corrected chi connectivity index (χ0v) is 9.72. The lowest BCUT2D eigenvalue weighted by atomic mass is 9.93. The zero-order chi connectivity index (χ0) is 14.0. The van der Waals surface area contributed by atoms with E-state index in [1.165, 1.54) is 11.4 Å². The summed E-state index contributed by atoms with van der Waals surface area (Å²) in [5, 5.41) is 19.3. The summed E-state index contributed by atoms with van der Waals surface area (Å²) in [5.74, 6) is -2.72. The Balaban J connectivity index is 3.01. The molecule has 0 radical (unpaired) electrons. The van der Waals surface area contributed by atoms with Crippen molar-refractivity contribution in [2.24, 2.45) is 0 Å². The quantitative estimate of drug-likeness (QED) is 0.809. The smallest absolute Gasteiger partial charge is 0.422 e. The number of ketones is 1. The molecule has 0 spiro atoms. The minimum absolute atomic E-state index is 0.436. The van der Waals surface area contributed by atoms with Crippen molar-refractivity contribution in [3.63, 3.8) is 0 Å². The van der Waals surface area contributed by atoms with E-state index in [1.54, 1.807) is 0 Å². The van der Waals surface area contributed by atoms with E-state index < -0.39 is 41.2 Å². The maximum Gasteiger partial charge on any atom is 0.422 e. The van der Waals surface area contributed by atoms with Crippen molar-refractivity contribution in [1.29, 1.82) is 0 Å². The number of carboxylic acids is 1. The average molecular weight is 282 g/mol. The molecule has 0 saturated heterocycles. The Morgan fingerprint density at radius 1 is 1.33 bits per heavy atom. The molecule has 0 saturated carbocycles. The van der Waals surface area contributed by atoms with E-state index in [2.05, 4.69) is 0 Å². The van der Waals surface area contributed by atoms with Gasteiger partial charge in [0.25, 0.3) is 0 Å². The molecule has 100 valence electrons. The molecule has 0 aliphatic carbocycles. The molecular weight excluding hydrogens is 273 g/mol. The van der Waals surface area contributed by atoms with Gasteiger partial charge in [0.15, 0.2) is 0 Å². The van der Waals surface area contributed by atoms with Gasteiger partial charge in [0.2, 0.25) is 5.60 Å². The van der Waals surface area contributed by atoms with Crippen LogP contribution in [-0.4, -0.2) is 28.1 Å². The summed E-state index contributed by atoms with van der Waals surface area (Å²) in [4.78, 5) is 21.0. The molecule has 0 aliphatic heterocycles. The van der Waals surface area contributed by atoms with E-state index in [9.17, 15) is 27.9 Å². The van der Waals surface area contributed by atoms with Crippen LogP contribution < -0.4 is 0 Å². The number of aliphatic hydroxyl groups is 1. The lowest BCUT2D eigenvalue weighted by Gasteiger charge is -2.28. The van der Waals surface area contributed by atoms with Crippen LogP contribution >= 0.6 is 11.3 Å². The maximum atomic E-state index is 12.8. The highest BCUT2D eigenvalue weighted by atomic mass is 32.1. The number of carbonyl (C=O) groups excluding carboxylic acids is 1. The summed E-state index contributed by atoms with van der Waals surface area (Å²) < 4.78 is 38.5. The summed E-state index contributed by atoms with van der Waals surface area (Å²) in [7, 11) is 0. The molecule has 1 rings (SSSR count). The van der Waals surface area contributed by atoms with Gasteiger partial charge in [-0.15, -0.1) is 11.3 Å². The van der Waals surface area contributed by atoms with Crippen molar-refractivity contribution >= 4 is 23.1 Å². The number of halogens is 3. The van der Waals surface area contributed by atoms with Crippen LogP contribution in [0.3, 0.4) is 0 Å². The lowest BCUT2D eigenvalue weighted by molar-refractivity contribution is -0.265. The fraction of sp³-hybridized carbons (Fsp3) is 0.400. The lowest BCUT2D eigenvalue weighted by Crippen LogP contribution is -2.43. The summed E-state index contributed by atoms with van der Waals surface area (Å²) in [6, 6.07) is 2.35. The third-order valence-corrected chi connectivity index (χ3v) is 3.22. The monoisotopic (exact) mass is 282 g/mol. The first kappa shape index (κ1) is 14.7. The van der Waals surface area contributed by atoms with E-state index in [0.29, 0.717) is 11.3 Å². The van der Waals surface area contributed by atoms with E-state index in [-0.39, 0.29) is 0 Å². The minimum Gasteiger partial charge on any atom is -0.481 e. The van der Waals surface area contributed by atoms with Gasteiger partial charge in [-0.05, 0) is 11.4 Å². The standard InChI is InChI=1S/C10H9F3O4S/c11-10(12,13)9(17,7-2-1-3-18-7)5-6(14)4-8(15)16/h1-3,17H,4-5H2,(H,15,16). The van der Waals surface area contributed by atoms with Crippen molar-refractivity contribution < 1.29 is 33.0 Å². The third-order valence-electron chi connectivity index (χ3n) is 2.20. The number of aliphatic carboxylic acids is 1. The van der Waals surface area contributed by atoms with Gasteiger partial charge >= 0.3 is 12.1 Å². The topological polar surface area (TPSA) is 74.6 Å². The molecule has 0 aliphatic rings. The predicted octanol–water partition coefficient (Wildman–Crippen LogP) is 1.93. The molecule has 0 fully saturated rings. The summed E-state index contributed by atoms with van der Waals surface area (Å²) in [5.41, 5.74) is -3.33. The van der Waals surface area contributed by atoms with Gasteiger partial charge < -0.3 is 10.2 Å². The van der Waals surface area contributed by atoms with Crippen molar-refractivity contribution in [3.05, 3.63) is 22.4 Å². The molecule has 1 aromatic rings. The second-order valence-corrected chi connectivity index (χ2v) is 4.57. The predicted molar refractivity (Wildman–Crippen MR) is 56.1 cm³/mol. The Labute approximate surface area is 104 Å². The second-order valence-electron chi connectivity index (χ2n) is 3.62. The first-order chi connectivity index (χ1) is 8.17. The molecule has 8 heteroatoms. The van der Waals surface area contributed by atoms with Crippen LogP contribution in [-0.2, 0) is 15.2 Å². The van der Waals surface area contributed by atoms with Gasteiger partial charge in [-0.2, -0.15) is 13.2 Å². The van der Waals surface area contributed by atoms with Crippen molar-refractivity contribution in [2.45, 2.75) is 24.6 Å². The first-order valence-electron chi connectivity index (χ1n) is 4.73. The Bertz CT molecular complexity index is 440. The fourth-order valence-electron chi connectivity index (χ4n) is 1.36. The van der Waals surface area contributed by atoms with Gasteiger partial charge in [0.05, 0.1) is 0 Å². The van der Waals surface area contributed by atoms with Crippen molar-refractivity contribution in [1.82, 2.24) is 0 Å². The molecular formula is C10H9F3O4S. The molecule has 2 N–H and O–H groups in total. The minimum atomic E-state index is -5.05. The Morgan fingerprint density at radius 2 is 1.94 bits per heavy atom. The molecule has 1 heterocycles. The Morgan fingerprint density at radius 3 is 2.33 bits per heavy atom. The van der Waals surface area contributed by atoms with Crippen LogP contribution in [0.2, 0.25) is 0 Å². The van der Waals surface area contributed by atoms with Crippen LogP contribution in [0.5, 0.6) is 0 Å². The van der Waals surface area contributed by atoms with E-state index in [1.807, 2.05) is 0 Å². The van der Waals surface area contributed by atoms with Gasteiger partial charge in [0, 0.05) is 11.3 Å². The molecule has 18 heavy (non-hydrogen) atoms. The van der Waals surface area contributed by atoms with Gasteiger partial charge in [-0.1, -0.05) is 6.07 Å². The summed E-state index contributed by atoms with van der Waals surface area (Å²) in [6.45, 7) is 0. The normalized spacial score (nSPS) is 15.1. The maximum absolute atomic E-state index is 12.8. The highest BCUT2D eigenvalue weighted by Crippen LogP contribution is 2.43. The van der Waals surface area contributed by atoms with Crippen molar-refractivity contribution in [2.75, 3.05) is 0 Å². The largest absolute Gasteiger partial charge is 0.481 e. The first-order valence-corrected chi connectivity index (χ1v) is 5.61. The zero-order valence-electron chi connectivity index (χ0n) is 8.90. The van der Waals surface area contributed by atoms with Crippen LogP contribution in [0.4, 0.5) is 13.2 Å². The number of thiophene rings is 1. The summed E-state index contributed by atoms with van der Waals surface area (Å²) >= 11 is 0.648. The number of alkyl halides is 3. The molecule has 0 bridgehead atoms.